The molecule has 0 fully saturated rings. The number of aliphatic hydroxyl groups is 1. The van der Waals surface area contributed by atoms with E-state index in [1.54, 1.807) is 0 Å². The monoisotopic (exact) mass is 608 g/mol. The number of hydrogen-bond acceptors (Lipinski definition) is 6. The molecule has 1 unspecified atom stereocenters. The smallest absolute Gasteiger partial charge is 0.457 e. The van der Waals surface area contributed by atoms with E-state index in [2.05, 4.69) is 6.92 Å². The summed E-state index contributed by atoms with van der Waals surface area (Å²) in [4.78, 5) is 21.8. The fourth-order valence-corrected chi connectivity index (χ4v) is 5.46. The van der Waals surface area contributed by atoms with E-state index in [9.17, 15) is 19.4 Å². The minimum atomic E-state index is -4.26. The van der Waals surface area contributed by atoms with Crippen LogP contribution in [0.3, 0.4) is 0 Å². The molecule has 0 aromatic rings. The molecule has 41 heavy (non-hydrogen) atoms. The van der Waals surface area contributed by atoms with Gasteiger partial charge in [-0.15, -0.1) is 0 Å². The Morgan fingerprint density at radius 3 is 1.44 bits per heavy atom. The fraction of sp³-hybridized carbons (Fsp3) is 0.969. The number of hydrogen-bond donors (Lipinski definition) is 2. The van der Waals surface area contributed by atoms with Crippen molar-refractivity contribution in [2.75, 3.05) is 47.5 Å². The number of likely N-dealkylation sites (N-methyl/N-ethyl adjacent to an activating group) is 1. The molecule has 0 radical (unpaired) electrons. The molecule has 0 aliphatic heterocycles. The maximum absolute atomic E-state index is 12.1. The number of esters is 1. The molecule has 0 amide bonds. The molecule has 9 heteroatoms. The summed E-state index contributed by atoms with van der Waals surface area (Å²) in [6, 6.07) is 0. The van der Waals surface area contributed by atoms with Crippen LogP contribution in [0.4, 0.5) is 0 Å². The van der Waals surface area contributed by atoms with Crippen molar-refractivity contribution < 1.29 is 37.6 Å². The second-order valence-corrected chi connectivity index (χ2v) is 14.2. The first-order valence-corrected chi connectivity index (χ1v) is 18.3. The Hall–Kier alpha value is -0.500. The minimum Gasteiger partial charge on any atom is -0.457 e. The van der Waals surface area contributed by atoms with Crippen LogP contribution in [0, 0.1) is 0 Å². The zero-order valence-electron chi connectivity index (χ0n) is 27.3. The van der Waals surface area contributed by atoms with Crippen molar-refractivity contribution in [2.24, 2.45) is 0 Å². The molecule has 0 spiro atoms. The Kier molecular flexibility index (Phi) is 26.7. The second kappa shape index (κ2) is 27.1. The third-order valence-electron chi connectivity index (χ3n) is 7.43. The average molecular weight is 609 g/mol. The van der Waals surface area contributed by atoms with E-state index in [4.69, 9.17) is 13.8 Å². The van der Waals surface area contributed by atoms with E-state index in [1.807, 2.05) is 21.1 Å². The fourth-order valence-electron chi connectivity index (χ4n) is 4.71. The van der Waals surface area contributed by atoms with E-state index < -0.39 is 26.5 Å². The van der Waals surface area contributed by atoms with Gasteiger partial charge in [0, 0.05) is 6.42 Å². The van der Waals surface area contributed by atoms with E-state index in [0.29, 0.717) is 11.0 Å². The van der Waals surface area contributed by atoms with E-state index in [-0.39, 0.29) is 19.6 Å². The molecule has 0 aliphatic rings. The SMILES string of the molecule is CCCCCCCCCCCCCCCCCCCCCCCC(=O)O[C@H](CO)COP(=O)(O)OCC[N+](C)(C)C. The first-order valence-electron chi connectivity index (χ1n) is 16.8. The van der Waals surface area contributed by atoms with Crippen LogP contribution in [0.25, 0.3) is 0 Å². The number of phosphoric ester groups is 1. The van der Waals surface area contributed by atoms with Crippen molar-refractivity contribution in [2.45, 2.75) is 154 Å². The molecule has 0 aromatic carbocycles. The topological polar surface area (TPSA) is 102 Å². The molecule has 246 valence electrons. The van der Waals surface area contributed by atoms with Crippen molar-refractivity contribution in [3.63, 3.8) is 0 Å². The number of nitrogens with zero attached hydrogens (tertiary/aromatic N) is 1. The van der Waals surface area contributed by atoms with Crippen LogP contribution in [0.2, 0.25) is 0 Å². The van der Waals surface area contributed by atoms with Crippen LogP contribution in [0.15, 0.2) is 0 Å². The van der Waals surface area contributed by atoms with Crippen molar-refractivity contribution >= 4 is 13.8 Å². The van der Waals surface area contributed by atoms with Gasteiger partial charge in [-0.05, 0) is 6.42 Å². The highest BCUT2D eigenvalue weighted by atomic mass is 31.2. The lowest BCUT2D eigenvalue weighted by Gasteiger charge is -2.24. The lowest BCUT2D eigenvalue weighted by Crippen LogP contribution is -2.37. The molecule has 0 bridgehead atoms. The molecule has 0 rings (SSSR count). The van der Waals surface area contributed by atoms with Gasteiger partial charge in [-0.2, -0.15) is 0 Å². The van der Waals surface area contributed by atoms with Gasteiger partial charge in [-0.3, -0.25) is 13.8 Å². The maximum Gasteiger partial charge on any atom is 0.472 e. The van der Waals surface area contributed by atoms with Gasteiger partial charge in [0.05, 0.1) is 34.4 Å². The van der Waals surface area contributed by atoms with Crippen LogP contribution < -0.4 is 0 Å². The number of carbonyl (C=O) groups excluding carboxylic acids is 1. The van der Waals surface area contributed by atoms with Gasteiger partial charge in [0.2, 0.25) is 0 Å². The second-order valence-electron chi connectivity index (χ2n) is 12.7. The lowest BCUT2D eigenvalue weighted by atomic mass is 10.0. The van der Waals surface area contributed by atoms with Gasteiger partial charge < -0.3 is 19.2 Å². The normalized spacial score (nSPS) is 14.2. The molecule has 0 saturated carbocycles. The molecule has 2 atom stereocenters. The third-order valence-corrected chi connectivity index (χ3v) is 8.41. The third kappa shape index (κ3) is 30.8. The van der Waals surface area contributed by atoms with E-state index in [0.717, 1.165) is 19.3 Å². The summed E-state index contributed by atoms with van der Waals surface area (Å²) < 4.78 is 27.6. The summed E-state index contributed by atoms with van der Waals surface area (Å²) in [6.07, 6.45) is 26.9. The first-order chi connectivity index (χ1) is 19.6. The van der Waals surface area contributed by atoms with Gasteiger partial charge in [-0.1, -0.05) is 135 Å². The van der Waals surface area contributed by atoms with Crippen molar-refractivity contribution in [1.29, 1.82) is 0 Å². The Morgan fingerprint density at radius 2 is 1.07 bits per heavy atom. The summed E-state index contributed by atoms with van der Waals surface area (Å²) in [5, 5.41) is 9.43. The van der Waals surface area contributed by atoms with Crippen molar-refractivity contribution in [3.8, 4) is 0 Å². The van der Waals surface area contributed by atoms with Crippen LogP contribution in [-0.2, 0) is 23.1 Å². The lowest BCUT2D eigenvalue weighted by molar-refractivity contribution is -0.870. The Bertz CT molecular complexity index is 642. The van der Waals surface area contributed by atoms with Crippen LogP contribution in [0.1, 0.15) is 148 Å². The van der Waals surface area contributed by atoms with E-state index in [1.165, 1.54) is 116 Å². The molecule has 0 aliphatic carbocycles. The van der Waals surface area contributed by atoms with Gasteiger partial charge in [0.25, 0.3) is 0 Å². The number of unbranched alkanes of at least 4 members (excludes halogenated alkanes) is 20. The number of carbonyl (C=O) groups is 1. The first kappa shape index (κ1) is 40.5. The number of ether oxygens (including phenoxy) is 1. The predicted molar refractivity (Wildman–Crippen MR) is 169 cm³/mol. The molecular weight excluding hydrogens is 541 g/mol. The molecular formula is C32H67NO7P+. The summed E-state index contributed by atoms with van der Waals surface area (Å²) in [5.41, 5.74) is 0. The summed E-state index contributed by atoms with van der Waals surface area (Å²) in [7, 11) is 1.56. The zero-order valence-corrected chi connectivity index (χ0v) is 28.2. The van der Waals surface area contributed by atoms with Gasteiger partial charge in [-0.25, -0.2) is 4.57 Å². The van der Waals surface area contributed by atoms with Crippen molar-refractivity contribution in [3.05, 3.63) is 0 Å². The van der Waals surface area contributed by atoms with Crippen LogP contribution in [0.5, 0.6) is 0 Å². The highest BCUT2D eigenvalue weighted by Crippen LogP contribution is 2.43. The number of phosphoric acid groups is 1. The molecule has 0 aromatic heterocycles. The van der Waals surface area contributed by atoms with Gasteiger partial charge in [0.1, 0.15) is 19.3 Å². The van der Waals surface area contributed by atoms with Crippen LogP contribution >= 0.6 is 7.82 Å². The number of rotatable bonds is 31. The Labute approximate surface area is 253 Å². The molecule has 2 N–H and O–H groups in total. The number of quaternary nitrogens is 1. The van der Waals surface area contributed by atoms with E-state index >= 15 is 0 Å². The Balaban J connectivity index is 3.53. The molecule has 8 nitrogen and oxygen atoms in total. The average Bonchev–Trinajstić information content (AvgIpc) is 2.91. The van der Waals surface area contributed by atoms with Crippen molar-refractivity contribution in [1.82, 2.24) is 0 Å². The van der Waals surface area contributed by atoms with Gasteiger partial charge in [0.15, 0.2) is 0 Å². The standard InChI is InChI=1S/C32H66NO7P/c1-5-6-7-8-9-10-11-12-13-14-15-16-17-18-19-20-21-22-23-24-25-26-32(35)40-31(29-34)30-39-41(36,37)38-28-27-33(2,3)4/h31,34H,5-30H2,1-4H3/p+1/t31-/m1/s1. The van der Waals surface area contributed by atoms with Crippen LogP contribution in [-0.4, -0.2) is 74.1 Å². The number of aliphatic hydroxyl groups excluding tert-OH is 1. The summed E-state index contributed by atoms with van der Waals surface area (Å²) in [5.74, 6) is -0.427. The highest BCUT2D eigenvalue weighted by molar-refractivity contribution is 7.47. The Morgan fingerprint density at radius 1 is 0.683 bits per heavy atom. The predicted octanol–water partition coefficient (Wildman–Crippen LogP) is 8.33. The molecule has 0 heterocycles. The maximum atomic E-state index is 12.1. The van der Waals surface area contributed by atoms with Gasteiger partial charge >= 0.3 is 13.8 Å². The molecule has 0 saturated heterocycles. The quantitative estimate of drug-likeness (QED) is 0.0353. The largest absolute Gasteiger partial charge is 0.472 e. The summed E-state index contributed by atoms with van der Waals surface area (Å²) in [6.45, 7) is 2.00. The summed E-state index contributed by atoms with van der Waals surface area (Å²) >= 11 is 0. The zero-order chi connectivity index (χ0) is 30.7. The highest BCUT2D eigenvalue weighted by Gasteiger charge is 2.25. The minimum absolute atomic E-state index is 0.0559.